The highest BCUT2D eigenvalue weighted by Gasteiger charge is 2.54. The van der Waals surface area contributed by atoms with Crippen LogP contribution in [0.4, 0.5) is 8.78 Å². The van der Waals surface area contributed by atoms with E-state index in [-0.39, 0.29) is 28.4 Å². The number of hydrogen-bond acceptors (Lipinski definition) is 7. The second kappa shape index (κ2) is 7.48. The highest BCUT2D eigenvalue weighted by Crippen LogP contribution is 2.38. The van der Waals surface area contributed by atoms with Gasteiger partial charge in [0.15, 0.2) is 11.6 Å². The highest BCUT2D eigenvalue weighted by molar-refractivity contribution is 7.87. The van der Waals surface area contributed by atoms with Crippen LogP contribution in [-0.2, 0) is 19.6 Å². The van der Waals surface area contributed by atoms with Crippen molar-refractivity contribution in [1.29, 1.82) is 0 Å². The third kappa shape index (κ3) is 3.70. The topological polar surface area (TPSA) is 124 Å². The number of esters is 1. The van der Waals surface area contributed by atoms with E-state index >= 15 is 0 Å². The lowest BCUT2D eigenvalue weighted by atomic mass is 9.72. The Labute approximate surface area is 163 Å². The zero-order chi connectivity index (χ0) is 21.4. The largest absolute Gasteiger partial charge is 0.489 e. The van der Waals surface area contributed by atoms with Crippen LogP contribution in [0.2, 0.25) is 0 Å². The van der Waals surface area contributed by atoms with Crippen molar-refractivity contribution in [3.63, 3.8) is 0 Å². The highest BCUT2D eigenvalue weighted by atomic mass is 32.2. The fourth-order valence-electron chi connectivity index (χ4n) is 3.04. The van der Waals surface area contributed by atoms with Gasteiger partial charge in [0, 0.05) is 5.56 Å². The third-order valence-electron chi connectivity index (χ3n) is 4.41. The van der Waals surface area contributed by atoms with Crippen molar-refractivity contribution in [2.24, 2.45) is 11.8 Å². The van der Waals surface area contributed by atoms with Gasteiger partial charge in [0.05, 0.1) is 17.4 Å². The number of allylic oxidation sites excluding steroid dienone is 4. The van der Waals surface area contributed by atoms with Gasteiger partial charge in [0.25, 0.3) is 0 Å². The predicted octanol–water partition coefficient (Wildman–Crippen LogP) is 1.83. The van der Waals surface area contributed by atoms with Gasteiger partial charge in [-0.15, -0.1) is 0 Å². The number of ketones is 2. The summed E-state index contributed by atoms with van der Waals surface area (Å²) in [4.78, 5) is 36.6. The molecule has 29 heavy (non-hydrogen) atoms. The fourth-order valence-corrected chi connectivity index (χ4v) is 3.31. The van der Waals surface area contributed by atoms with Crippen LogP contribution in [0.15, 0.2) is 42.5 Å². The van der Waals surface area contributed by atoms with Crippen LogP contribution < -0.4 is 4.74 Å². The Morgan fingerprint density at radius 2 is 1.69 bits per heavy atom. The number of fused-ring (bicyclic) bond motifs is 2. The molecule has 1 aromatic rings. The van der Waals surface area contributed by atoms with Crippen LogP contribution in [-0.4, -0.2) is 49.0 Å². The number of halogens is 2. The number of Topliss-reactive ketones (excluding diaryl/α,β-unsaturated/α-hetero) is 2. The van der Waals surface area contributed by atoms with Gasteiger partial charge >= 0.3 is 21.3 Å². The minimum absolute atomic E-state index is 0.000146. The molecule has 0 aliphatic heterocycles. The number of carbonyl (C=O) groups excluding carboxylic acids is 3. The van der Waals surface area contributed by atoms with Gasteiger partial charge < -0.3 is 9.47 Å². The normalized spacial score (nSPS) is 20.8. The summed E-state index contributed by atoms with van der Waals surface area (Å²) < 4.78 is 64.9. The van der Waals surface area contributed by atoms with Gasteiger partial charge in [0.2, 0.25) is 0 Å². The van der Waals surface area contributed by atoms with Crippen molar-refractivity contribution in [2.45, 2.75) is 5.25 Å². The minimum Gasteiger partial charge on any atom is -0.489 e. The standard InChI is InChI=1S/C18H14F2O8S/c19-18(20,29(24,25)26)17(23)28-9-8-27-13-7-3-6-12-14(13)16(22)11-5-2-1-4-10(11)15(12)21/h1-7,10-11H,8-9H2,(H,24,25,26). The number of benzene rings is 1. The second-order valence-corrected chi connectivity index (χ2v) is 7.67. The lowest BCUT2D eigenvalue weighted by Gasteiger charge is -2.29. The number of hydrogen-bond donors (Lipinski definition) is 1. The Morgan fingerprint density at radius 1 is 1.07 bits per heavy atom. The molecule has 0 radical (unpaired) electrons. The summed E-state index contributed by atoms with van der Waals surface area (Å²) in [5, 5.41) is -5.11. The Bertz CT molecular complexity index is 1040. The van der Waals surface area contributed by atoms with Crippen molar-refractivity contribution >= 4 is 27.7 Å². The fraction of sp³-hybridized carbons (Fsp3) is 0.278. The molecule has 11 heteroatoms. The maximum atomic E-state index is 13.1. The molecular formula is C18H14F2O8S. The molecule has 1 aromatic carbocycles. The molecule has 1 N–H and O–H groups in total. The maximum Gasteiger partial charge on any atom is 0.465 e. The first-order valence-electron chi connectivity index (χ1n) is 8.27. The average Bonchev–Trinajstić information content (AvgIpc) is 2.68. The van der Waals surface area contributed by atoms with Gasteiger partial charge in [-0.05, 0) is 6.07 Å². The molecule has 3 rings (SSSR count). The van der Waals surface area contributed by atoms with Gasteiger partial charge in [-0.1, -0.05) is 36.4 Å². The van der Waals surface area contributed by atoms with E-state index in [4.69, 9.17) is 9.29 Å². The van der Waals surface area contributed by atoms with Gasteiger partial charge in [0.1, 0.15) is 19.0 Å². The molecule has 2 aliphatic carbocycles. The zero-order valence-electron chi connectivity index (χ0n) is 14.6. The van der Waals surface area contributed by atoms with Crippen LogP contribution in [0.5, 0.6) is 5.75 Å². The zero-order valence-corrected chi connectivity index (χ0v) is 15.4. The van der Waals surface area contributed by atoms with Gasteiger partial charge in [-0.3, -0.25) is 14.1 Å². The monoisotopic (exact) mass is 428 g/mol. The quantitative estimate of drug-likeness (QED) is 0.413. The first kappa shape index (κ1) is 20.8. The van der Waals surface area contributed by atoms with Crippen LogP contribution in [0, 0.1) is 11.8 Å². The van der Waals surface area contributed by atoms with Crippen molar-refractivity contribution in [1.82, 2.24) is 0 Å². The molecule has 154 valence electrons. The Kier molecular flexibility index (Phi) is 5.37. The third-order valence-corrected chi connectivity index (χ3v) is 5.23. The van der Waals surface area contributed by atoms with E-state index in [1.807, 2.05) is 0 Å². The minimum atomic E-state index is -5.97. The molecule has 2 atom stereocenters. The van der Waals surface area contributed by atoms with Crippen LogP contribution in [0.3, 0.4) is 0 Å². The van der Waals surface area contributed by atoms with Gasteiger partial charge in [-0.25, -0.2) is 4.79 Å². The number of rotatable bonds is 6. The van der Waals surface area contributed by atoms with Crippen LogP contribution in [0.1, 0.15) is 20.7 Å². The van der Waals surface area contributed by atoms with Crippen LogP contribution in [0.25, 0.3) is 0 Å². The first-order chi connectivity index (χ1) is 13.6. The Balaban J connectivity index is 1.72. The van der Waals surface area contributed by atoms with E-state index in [2.05, 4.69) is 4.74 Å². The lowest BCUT2D eigenvalue weighted by molar-refractivity contribution is -0.162. The summed E-state index contributed by atoms with van der Waals surface area (Å²) in [6, 6.07) is 4.33. The number of ether oxygens (including phenoxy) is 2. The molecular weight excluding hydrogens is 414 g/mol. The van der Waals surface area contributed by atoms with E-state index in [1.54, 1.807) is 24.3 Å². The predicted molar refractivity (Wildman–Crippen MR) is 93.3 cm³/mol. The van der Waals surface area contributed by atoms with Crippen molar-refractivity contribution in [2.75, 3.05) is 13.2 Å². The lowest BCUT2D eigenvalue weighted by Crippen LogP contribution is -2.39. The van der Waals surface area contributed by atoms with E-state index in [0.717, 1.165) is 0 Å². The molecule has 0 spiro atoms. The van der Waals surface area contributed by atoms with E-state index in [9.17, 15) is 31.6 Å². The van der Waals surface area contributed by atoms with E-state index in [0.29, 0.717) is 0 Å². The van der Waals surface area contributed by atoms with Crippen molar-refractivity contribution in [3.05, 3.63) is 53.6 Å². The molecule has 2 aliphatic rings. The molecule has 0 saturated carbocycles. The summed E-state index contributed by atoms with van der Waals surface area (Å²) in [7, 11) is -5.97. The number of alkyl halides is 2. The summed E-state index contributed by atoms with van der Waals surface area (Å²) in [6.07, 6.45) is 6.56. The van der Waals surface area contributed by atoms with Crippen molar-refractivity contribution in [3.8, 4) is 5.75 Å². The second-order valence-electron chi connectivity index (χ2n) is 6.20. The molecule has 2 unspecified atom stereocenters. The van der Waals surface area contributed by atoms with Crippen LogP contribution >= 0.6 is 0 Å². The van der Waals surface area contributed by atoms with E-state index < -0.39 is 46.4 Å². The molecule has 0 aromatic heterocycles. The summed E-state index contributed by atoms with van der Waals surface area (Å²) in [5.41, 5.74) is 0.192. The summed E-state index contributed by atoms with van der Waals surface area (Å²) >= 11 is 0. The van der Waals surface area contributed by atoms with E-state index in [1.165, 1.54) is 18.2 Å². The summed E-state index contributed by atoms with van der Waals surface area (Å²) in [6.45, 7) is -1.29. The molecule has 0 fully saturated rings. The molecule has 0 bridgehead atoms. The summed E-state index contributed by atoms with van der Waals surface area (Å²) in [5.74, 6) is -4.38. The number of carbonyl (C=O) groups is 3. The van der Waals surface area contributed by atoms with Gasteiger partial charge in [-0.2, -0.15) is 17.2 Å². The van der Waals surface area contributed by atoms with Crippen molar-refractivity contribution < 1.29 is 45.6 Å². The first-order valence-corrected chi connectivity index (χ1v) is 9.71. The Morgan fingerprint density at radius 3 is 2.31 bits per heavy atom. The molecule has 0 saturated heterocycles. The Hall–Kier alpha value is -2.92. The molecule has 8 nitrogen and oxygen atoms in total. The average molecular weight is 428 g/mol. The molecule has 0 heterocycles. The smallest absolute Gasteiger partial charge is 0.465 e. The SMILES string of the molecule is O=C1c2cccc(OCCOC(=O)C(F)(F)S(=O)(=O)O)c2C(=O)C2C=CC=CC12. The maximum absolute atomic E-state index is 13.1. The molecule has 0 amide bonds.